The predicted molar refractivity (Wildman–Crippen MR) is 75.1 cm³/mol. The monoisotopic (exact) mass is 292 g/mol. The highest BCUT2D eigenvalue weighted by atomic mass is 19.1. The van der Waals surface area contributed by atoms with E-state index in [1.165, 1.54) is 18.4 Å². The highest BCUT2D eigenvalue weighted by molar-refractivity contribution is 5.77. The van der Waals surface area contributed by atoms with Gasteiger partial charge in [-0.1, -0.05) is 6.07 Å². The lowest BCUT2D eigenvalue weighted by Crippen LogP contribution is -2.47. The van der Waals surface area contributed by atoms with Crippen LogP contribution >= 0.6 is 0 Å². The van der Waals surface area contributed by atoms with Crippen LogP contribution in [0.2, 0.25) is 0 Å². The van der Waals surface area contributed by atoms with Gasteiger partial charge in [0.25, 0.3) is 0 Å². The van der Waals surface area contributed by atoms with E-state index in [1.807, 2.05) is 0 Å². The van der Waals surface area contributed by atoms with E-state index in [0.29, 0.717) is 23.7 Å². The second kappa shape index (κ2) is 5.65. The molecule has 1 heterocycles. The number of nitrogens with zero attached hydrogens (tertiary/aromatic N) is 2. The molecule has 6 heteroatoms. The SMILES string of the molecule is CN(Cc1coc(-c2cccc(F)c2)n1)C(C)(C)C(=O)O. The van der Waals surface area contributed by atoms with Crippen molar-refractivity contribution >= 4 is 5.97 Å². The van der Waals surface area contributed by atoms with E-state index in [9.17, 15) is 14.3 Å². The molecule has 2 rings (SSSR count). The molecule has 0 aliphatic heterocycles. The Balaban J connectivity index is 2.16. The van der Waals surface area contributed by atoms with Gasteiger partial charge >= 0.3 is 5.97 Å². The van der Waals surface area contributed by atoms with Crippen LogP contribution < -0.4 is 0 Å². The van der Waals surface area contributed by atoms with Crippen molar-refractivity contribution in [2.24, 2.45) is 0 Å². The summed E-state index contributed by atoms with van der Waals surface area (Å²) in [6.07, 6.45) is 1.45. The minimum atomic E-state index is -1.02. The largest absolute Gasteiger partial charge is 0.480 e. The Labute approximate surface area is 122 Å². The van der Waals surface area contributed by atoms with Crippen LogP contribution in [0.15, 0.2) is 34.9 Å². The first-order valence-corrected chi connectivity index (χ1v) is 6.45. The van der Waals surface area contributed by atoms with E-state index >= 15 is 0 Å². The number of oxazole rings is 1. The molecule has 1 aromatic heterocycles. The van der Waals surface area contributed by atoms with Crippen molar-refractivity contribution in [1.29, 1.82) is 0 Å². The number of hydrogen-bond acceptors (Lipinski definition) is 4. The highest BCUT2D eigenvalue weighted by Crippen LogP contribution is 2.21. The van der Waals surface area contributed by atoms with Crippen molar-refractivity contribution in [1.82, 2.24) is 9.88 Å². The quantitative estimate of drug-likeness (QED) is 0.918. The number of hydrogen-bond donors (Lipinski definition) is 1. The van der Waals surface area contributed by atoms with Crippen LogP contribution in [-0.2, 0) is 11.3 Å². The van der Waals surface area contributed by atoms with Gasteiger partial charge in [-0.2, -0.15) is 0 Å². The van der Waals surface area contributed by atoms with Gasteiger partial charge in [0.05, 0.1) is 5.69 Å². The number of aliphatic carboxylic acids is 1. The summed E-state index contributed by atoms with van der Waals surface area (Å²) in [5.41, 5.74) is 0.116. The summed E-state index contributed by atoms with van der Waals surface area (Å²) in [5.74, 6) is -0.971. The fourth-order valence-electron chi connectivity index (χ4n) is 1.74. The lowest BCUT2D eigenvalue weighted by atomic mass is 10.0. The number of rotatable bonds is 5. The molecular weight excluding hydrogens is 275 g/mol. The summed E-state index contributed by atoms with van der Waals surface area (Å²) in [7, 11) is 1.70. The number of halogens is 1. The zero-order valence-corrected chi connectivity index (χ0v) is 12.1. The van der Waals surface area contributed by atoms with Crippen LogP contribution in [0.3, 0.4) is 0 Å². The molecule has 1 N–H and O–H groups in total. The third-order valence-corrected chi connectivity index (χ3v) is 3.50. The van der Waals surface area contributed by atoms with Crippen LogP contribution in [0.1, 0.15) is 19.5 Å². The summed E-state index contributed by atoms with van der Waals surface area (Å²) < 4.78 is 18.5. The van der Waals surface area contributed by atoms with Crippen molar-refractivity contribution in [3.8, 4) is 11.5 Å². The molecule has 0 unspecified atom stereocenters. The van der Waals surface area contributed by atoms with Crippen molar-refractivity contribution in [3.63, 3.8) is 0 Å². The van der Waals surface area contributed by atoms with Crippen LogP contribution in [-0.4, -0.2) is 33.5 Å². The van der Waals surface area contributed by atoms with Gasteiger partial charge in [0, 0.05) is 12.1 Å². The maximum absolute atomic E-state index is 13.2. The minimum absolute atomic E-state index is 0.311. The Morgan fingerprint density at radius 1 is 1.48 bits per heavy atom. The first-order valence-electron chi connectivity index (χ1n) is 6.45. The highest BCUT2D eigenvalue weighted by Gasteiger charge is 2.32. The average Bonchev–Trinajstić information content (AvgIpc) is 2.87. The molecule has 2 aromatic rings. The van der Waals surface area contributed by atoms with Crippen molar-refractivity contribution < 1.29 is 18.7 Å². The molecule has 112 valence electrons. The molecule has 1 aromatic carbocycles. The number of carboxylic acid groups (broad SMARTS) is 1. The Morgan fingerprint density at radius 3 is 2.81 bits per heavy atom. The molecule has 5 nitrogen and oxygen atoms in total. The molecule has 0 saturated heterocycles. The maximum atomic E-state index is 13.2. The molecule has 0 radical (unpaired) electrons. The summed E-state index contributed by atoms with van der Waals surface area (Å²) in [6.45, 7) is 3.55. The molecule has 0 bridgehead atoms. The topological polar surface area (TPSA) is 66.6 Å². The van der Waals surface area contributed by atoms with Crippen molar-refractivity contribution in [2.45, 2.75) is 25.9 Å². The Hall–Kier alpha value is -2.21. The Bertz CT molecular complexity index is 652. The number of carboxylic acids is 1. The lowest BCUT2D eigenvalue weighted by Gasteiger charge is -2.30. The molecule has 0 spiro atoms. The van der Waals surface area contributed by atoms with E-state index in [0.717, 1.165) is 0 Å². The summed E-state index contributed by atoms with van der Waals surface area (Å²) in [5, 5.41) is 9.18. The molecular formula is C15H17FN2O3. The molecule has 0 aliphatic rings. The van der Waals surface area contributed by atoms with Crippen molar-refractivity contribution in [2.75, 3.05) is 7.05 Å². The first-order chi connectivity index (χ1) is 9.80. The van der Waals surface area contributed by atoms with Gasteiger partial charge in [-0.25, -0.2) is 9.37 Å². The van der Waals surface area contributed by atoms with E-state index < -0.39 is 11.5 Å². The number of likely N-dealkylation sites (N-methyl/N-ethyl adjacent to an activating group) is 1. The smallest absolute Gasteiger partial charge is 0.323 e. The summed E-state index contributed by atoms with van der Waals surface area (Å²) in [6, 6.07) is 5.95. The second-order valence-electron chi connectivity index (χ2n) is 5.37. The number of carbonyl (C=O) groups is 1. The van der Waals surface area contributed by atoms with Gasteiger partial charge in [0.15, 0.2) is 0 Å². The fourth-order valence-corrected chi connectivity index (χ4v) is 1.74. The normalized spacial score (nSPS) is 11.9. The fraction of sp³-hybridized carbons (Fsp3) is 0.333. The van der Waals surface area contributed by atoms with E-state index in [4.69, 9.17) is 4.42 Å². The van der Waals surface area contributed by atoms with Crippen LogP contribution in [0.25, 0.3) is 11.5 Å². The Morgan fingerprint density at radius 2 is 2.19 bits per heavy atom. The van der Waals surface area contributed by atoms with E-state index in [-0.39, 0.29) is 5.82 Å². The second-order valence-corrected chi connectivity index (χ2v) is 5.37. The molecule has 21 heavy (non-hydrogen) atoms. The van der Waals surface area contributed by atoms with Gasteiger partial charge in [-0.15, -0.1) is 0 Å². The standard InChI is InChI=1S/C15H17FN2O3/c1-15(2,14(19)20)18(3)8-12-9-21-13(17-12)10-5-4-6-11(16)7-10/h4-7,9H,8H2,1-3H3,(H,19,20). The first kappa shape index (κ1) is 15.2. The van der Waals surface area contributed by atoms with Gasteiger partial charge in [-0.3, -0.25) is 9.69 Å². The third-order valence-electron chi connectivity index (χ3n) is 3.50. The van der Waals surface area contributed by atoms with Gasteiger partial charge in [0.2, 0.25) is 5.89 Å². The molecule has 0 amide bonds. The van der Waals surface area contributed by atoms with Crippen molar-refractivity contribution in [3.05, 3.63) is 42.0 Å². The van der Waals surface area contributed by atoms with E-state index in [1.54, 1.807) is 37.9 Å². The average molecular weight is 292 g/mol. The molecule has 0 fully saturated rings. The van der Waals surface area contributed by atoms with E-state index in [2.05, 4.69) is 4.98 Å². The predicted octanol–water partition coefficient (Wildman–Crippen LogP) is 2.78. The third kappa shape index (κ3) is 3.28. The minimum Gasteiger partial charge on any atom is -0.480 e. The summed E-state index contributed by atoms with van der Waals surface area (Å²) >= 11 is 0. The number of benzene rings is 1. The zero-order valence-electron chi connectivity index (χ0n) is 12.1. The van der Waals surface area contributed by atoms with Gasteiger partial charge < -0.3 is 9.52 Å². The Kier molecular flexibility index (Phi) is 4.09. The maximum Gasteiger partial charge on any atom is 0.323 e. The zero-order chi connectivity index (χ0) is 15.6. The lowest BCUT2D eigenvalue weighted by molar-refractivity contribution is -0.148. The van der Waals surface area contributed by atoms with Crippen LogP contribution in [0.4, 0.5) is 4.39 Å². The molecule has 0 aliphatic carbocycles. The molecule has 0 saturated carbocycles. The van der Waals surface area contributed by atoms with Crippen LogP contribution in [0.5, 0.6) is 0 Å². The van der Waals surface area contributed by atoms with Gasteiger partial charge in [0.1, 0.15) is 17.6 Å². The number of aromatic nitrogens is 1. The van der Waals surface area contributed by atoms with Gasteiger partial charge in [-0.05, 0) is 39.1 Å². The van der Waals surface area contributed by atoms with Crippen LogP contribution in [0, 0.1) is 5.82 Å². The molecule has 0 atom stereocenters. The summed E-state index contributed by atoms with van der Waals surface area (Å²) in [4.78, 5) is 17.1.